The molecule has 1 heterocycles. The van der Waals surface area contributed by atoms with Gasteiger partial charge in [0.2, 0.25) is 0 Å². The van der Waals surface area contributed by atoms with Crippen molar-refractivity contribution < 1.29 is 0 Å². The average Bonchev–Trinajstić information content (AvgIpc) is 2.68. The van der Waals surface area contributed by atoms with E-state index in [0.717, 1.165) is 6.54 Å². The Hall–Kier alpha value is -1.34. The van der Waals surface area contributed by atoms with Gasteiger partial charge in [0.05, 0.1) is 0 Å². The van der Waals surface area contributed by atoms with E-state index in [1.165, 1.54) is 22.8 Å². The van der Waals surface area contributed by atoms with Crippen molar-refractivity contribution in [3.8, 4) is 0 Å². The number of benzene rings is 2. The normalized spacial score (nSPS) is 23.1. The molecule has 1 nitrogen and oxygen atoms in total. The topological polar surface area (TPSA) is 12.0 Å². The Bertz CT molecular complexity index is 537. The summed E-state index contributed by atoms with van der Waals surface area (Å²) in [4.78, 5) is 0. The first-order valence-corrected chi connectivity index (χ1v) is 6.41. The molecular formula is C16H19N. The molecule has 1 fully saturated rings. The zero-order valence-electron chi connectivity index (χ0n) is 10.5. The van der Waals surface area contributed by atoms with Crippen molar-refractivity contribution in [2.24, 2.45) is 0 Å². The van der Waals surface area contributed by atoms with E-state index in [-0.39, 0.29) is 5.54 Å². The van der Waals surface area contributed by atoms with Gasteiger partial charge in [0.1, 0.15) is 0 Å². The third kappa shape index (κ3) is 1.75. The fourth-order valence-electron chi connectivity index (χ4n) is 3.12. The number of nitrogens with one attached hydrogen (secondary N) is 1. The molecule has 1 aliphatic heterocycles. The summed E-state index contributed by atoms with van der Waals surface area (Å²) < 4.78 is 0. The van der Waals surface area contributed by atoms with E-state index in [1.54, 1.807) is 0 Å². The Balaban J connectivity index is 2.17. The molecule has 0 bridgehead atoms. The first-order valence-electron chi connectivity index (χ1n) is 6.41. The fraction of sp³-hybridized carbons (Fsp3) is 0.375. The van der Waals surface area contributed by atoms with Crippen LogP contribution in [-0.2, 0) is 0 Å². The van der Waals surface area contributed by atoms with Crippen molar-refractivity contribution in [2.75, 3.05) is 6.54 Å². The van der Waals surface area contributed by atoms with E-state index in [0.29, 0.717) is 5.92 Å². The molecule has 2 aromatic carbocycles. The number of hydrogen-bond donors (Lipinski definition) is 1. The summed E-state index contributed by atoms with van der Waals surface area (Å²) in [6.07, 6.45) is 1.24. The monoisotopic (exact) mass is 225 g/mol. The molecule has 0 aromatic heterocycles. The molecular weight excluding hydrogens is 206 g/mol. The van der Waals surface area contributed by atoms with Gasteiger partial charge < -0.3 is 5.32 Å². The van der Waals surface area contributed by atoms with E-state index in [2.05, 4.69) is 61.6 Å². The van der Waals surface area contributed by atoms with Gasteiger partial charge in [-0.15, -0.1) is 0 Å². The van der Waals surface area contributed by atoms with Crippen LogP contribution >= 0.6 is 0 Å². The molecule has 0 saturated carbocycles. The summed E-state index contributed by atoms with van der Waals surface area (Å²) in [7, 11) is 0. The highest BCUT2D eigenvalue weighted by Crippen LogP contribution is 2.38. The van der Waals surface area contributed by atoms with Crippen LogP contribution in [0.5, 0.6) is 0 Å². The van der Waals surface area contributed by atoms with Crippen molar-refractivity contribution in [3.63, 3.8) is 0 Å². The zero-order chi connectivity index (χ0) is 11.9. The molecule has 3 rings (SSSR count). The predicted molar refractivity (Wildman–Crippen MR) is 73.4 cm³/mol. The second-order valence-electron chi connectivity index (χ2n) is 5.56. The summed E-state index contributed by atoms with van der Waals surface area (Å²) in [5, 5.41) is 6.38. The van der Waals surface area contributed by atoms with Gasteiger partial charge in [0.15, 0.2) is 0 Å². The maximum Gasteiger partial charge on any atom is 0.0194 e. The van der Waals surface area contributed by atoms with E-state index < -0.39 is 0 Å². The first kappa shape index (κ1) is 10.8. The molecule has 0 aliphatic carbocycles. The van der Waals surface area contributed by atoms with Gasteiger partial charge >= 0.3 is 0 Å². The maximum atomic E-state index is 3.61. The largest absolute Gasteiger partial charge is 0.311 e. The maximum absolute atomic E-state index is 3.61. The third-order valence-corrected chi connectivity index (χ3v) is 4.08. The van der Waals surface area contributed by atoms with Crippen LogP contribution in [0.3, 0.4) is 0 Å². The molecule has 0 amide bonds. The lowest BCUT2D eigenvalue weighted by Gasteiger charge is -2.28. The van der Waals surface area contributed by atoms with Crippen molar-refractivity contribution in [1.82, 2.24) is 5.32 Å². The summed E-state index contributed by atoms with van der Waals surface area (Å²) >= 11 is 0. The zero-order valence-corrected chi connectivity index (χ0v) is 10.5. The Kier molecular flexibility index (Phi) is 2.44. The second kappa shape index (κ2) is 3.85. The lowest BCUT2D eigenvalue weighted by Crippen LogP contribution is -2.36. The molecule has 1 atom stereocenters. The minimum absolute atomic E-state index is 0.212. The summed E-state index contributed by atoms with van der Waals surface area (Å²) in [6.45, 7) is 5.75. The van der Waals surface area contributed by atoms with Crippen LogP contribution in [0.2, 0.25) is 0 Å². The minimum atomic E-state index is 0.212. The van der Waals surface area contributed by atoms with Gasteiger partial charge in [-0.25, -0.2) is 0 Å². The number of rotatable bonds is 1. The molecule has 1 unspecified atom stereocenters. The molecule has 0 spiro atoms. The van der Waals surface area contributed by atoms with Gasteiger partial charge in [-0.2, -0.15) is 0 Å². The SMILES string of the molecule is CC1(C)NCCC1c1cccc2ccccc12. The molecule has 17 heavy (non-hydrogen) atoms. The van der Waals surface area contributed by atoms with Gasteiger partial charge in [-0.3, -0.25) is 0 Å². The van der Waals surface area contributed by atoms with Gasteiger partial charge in [0, 0.05) is 11.5 Å². The number of hydrogen-bond acceptors (Lipinski definition) is 1. The molecule has 1 aliphatic rings. The standard InChI is InChI=1S/C16H19N/c1-16(2)15(10-11-17-16)14-9-5-7-12-6-3-4-8-13(12)14/h3-9,15,17H,10-11H2,1-2H3. The van der Waals surface area contributed by atoms with Crippen LogP contribution in [0.4, 0.5) is 0 Å². The third-order valence-electron chi connectivity index (χ3n) is 4.08. The van der Waals surface area contributed by atoms with E-state index in [9.17, 15) is 0 Å². The van der Waals surface area contributed by atoms with Crippen LogP contribution in [0.15, 0.2) is 42.5 Å². The van der Waals surface area contributed by atoms with Crippen LogP contribution in [0, 0.1) is 0 Å². The van der Waals surface area contributed by atoms with Crippen molar-refractivity contribution >= 4 is 10.8 Å². The fourth-order valence-corrected chi connectivity index (χ4v) is 3.12. The van der Waals surface area contributed by atoms with Gasteiger partial charge in [-0.1, -0.05) is 42.5 Å². The van der Waals surface area contributed by atoms with Crippen LogP contribution < -0.4 is 5.32 Å². The molecule has 1 heteroatoms. The Morgan fingerprint density at radius 2 is 1.82 bits per heavy atom. The Morgan fingerprint density at radius 1 is 1.06 bits per heavy atom. The highest BCUT2D eigenvalue weighted by molar-refractivity contribution is 5.86. The summed E-state index contributed by atoms with van der Waals surface area (Å²) in [5.74, 6) is 0.619. The quantitative estimate of drug-likeness (QED) is 0.780. The van der Waals surface area contributed by atoms with Crippen LogP contribution in [0.25, 0.3) is 10.8 Å². The lowest BCUT2D eigenvalue weighted by molar-refractivity contribution is 0.412. The van der Waals surface area contributed by atoms with Crippen LogP contribution in [0.1, 0.15) is 31.7 Å². The molecule has 0 radical (unpaired) electrons. The van der Waals surface area contributed by atoms with Crippen LogP contribution in [-0.4, -0.2) is 12.1 Å². The highest BCUT2D eigenvalue weighted by atomic mass is 15.0. The Morgan fingerprint density at radius 3 is 2.59 bits per heavy atom. The predicted octanol–water partition coefficient (Wildman–Crippen LogP) is 3.70. The summed E-state index contributed by atoms with van der Waals surface area (Å²) in [5.41, 5.74) is 1.71. The van der Waals surface area contributed by atoms with Gasteiger partial charge in [-0.05, 0) is 43.1 Å². The smallest absolute Gasteiger partial charge is 0.0194 e. The van der Waals surface area contributed by atoms with E-state index in [4.69, 9.17) is 0 Å². The van der Waals surface area contributed by atoms with Crippen molar-refractivity contribution in [3.05, 3.63) is 48.0 Å². The van der Waals surface area contributed by atoms with E-state index >= 15 is 0 Å². The first-order chi connectivity index (χ1) is 8.18. The molecule has 2 aromatic rings. The number of fused-ring (bicyclic) bond motifs is 1. The van der Waals surface area contributed by atoms with E-state index in [1.807, 2.05) is 0 Å². The highest BCUT2D eigenvalue weighted by Gasteiger charge is 2.35. The molecule has 88 valence electrons. The Labute approximate surface area is 103 Å². The average molecular weight is 225 g/mol. The minimum Gasteiger partial charge on any atom is -0.311 e. The second-order valence-corrected chi connectivity index (χ2v) is 5.56. The van der Waals surface area contributed by atoms with Crippen molar-refractivity contribution in [2.45, 2.75) is 31.7 Å². The lowest BCUT2D eigenvalue weighted by atomic mass is 9.81. The van der Waals surface area contributed by atoms with Crippen molar-refractivity contribution in [1.29, 1.82) is 0 Å². The van der Waals surface area contributed by atoms with Gasteiger partial charge in [0.25, 0.3) is 0 Å². The summed E-state index contributed by atoms with van der Waals surface area (Å²) in [6, 6.07) is 15.4. The molecule has 1 N–H and O–H groups in total. The molecule has 1 saturated heterocycles.